The van der Waals surface area contributed by atoms with Crippen LogP contribution in [0.3, 0.4) is 0 Å². The summed E-state index contributed by atoms with van der Waals surface area (Å²) < 4.78 is 15.7. The van der Waals surface area contributed by atoms with Crippen LogP contribution in [0, 0.1) is 0 Å². The van der Waals surface area contributed by atoms with Gasteiger partial charge in [0.25, 0.3) is 0 Å². The fraction of sp³-hybridized carbons (Fsp3) is 0.316. The third-order valence-corrected chi connectivity index (χ3v) is 4.19. The molecule has 3 rings (SSSR count). The summed E-state index contributed by atoms with van der Waals surface area (Å²) in [7, 11) is 3.28. The van der Waals surface area contributed by atoms with E-state index in [9.17, 15) is 4.79 Å². The number of ether oxygens (including phenoxy) is 3. The molecule has 1 heterocycles. The topological polar surface area (TPSA) is 48.0 Å². The molecule has 5 heteroatoms. The first-order chi connectivity index (χ1) is 11.7. The van der Waals surface area contributed by atoms with Gasteiger partial charge in [-0.3, -0.25) is 4.90 Å². The largest absolute Gasteiger partial charge is 0.497 e. The summed E-state index contributed by atoms with van der Waals surface area (Å²) in [6.45, 7) is 0.922. The number of cyclic esters (lactones) is 1. The highest BCUT2D eigenvalue weighted by atomic mass is 16.6. The summed E-state index contributed by atoms with van der Waals surface area (Å²) in [5, 5.41) is 0. The molecule has 24 heavy (non-hydrogen) atoms. The molecule has 0 aromatic heterocycles. The van der Waals surface area contributed by atoms with Crippen molar-refractivity contribution >= 4 is 6.09 Å². The lowest BCUT2D eigenvalue weighted by atomic mass is 10.0. The zero-order valence-electron chi connectivity index (χ0n) is 13.9. The summed E-state index contributed by atoms with van der Waals surface area (Å²) in [4.78, 5) is 13.9. The van der Waals surface area contributed by atoms with Gasteiger partial charge in [-0.15, -0.1) is 0 Å². The molecule has 1 saturated heterocycles. The highest BCUT2D eigenvalue weighted by molar-refractivity contribution is 5.70. The van der Waals surface area contributed by atoms with E-state index >= 15 is 0 Å². The summed E-state index contributed by atoms with van der Waals surface area (Å²) in [5.41, 5.74) is 2.17. The number of amides is 1. The van der Waals surface area contributed by atoms with Crippen LogP contribution in [0.15, 0.2) is 48.5 Å². The Morgan fingerprint density at radius 2 is 1.79 bits per heavy atom. The number of carbonyl (C=O) groups excluding carboxylic acids is 1. The van der Waals surface area contributed by atoms with Gasteiger partial charge < -0.3 is 14.2 Å². The second-order valence-electron chi connectivity index (χ2n) is 5.76. The van der Waals surface area contributed by atoms with E-state index in [1.807, 2.05) is 48.5 Å². The van der Waals surface area contributed by atoms with E-state index in [0.717, 1.165) is 29.0 Å². The van der Waals surface area contributed by atoms with E-state index in [1.165, 1.54) is 0 Å². The molecular formula is C19H21NO4. The summed E-state index contributed by atoms with van der Waals surface area (Å²) in [6.07, 6.45) is 0.482. The Morgan fingerprint density at radius 3 is 2.50 bits per heavy atom. The molecular weight excluding hydrogens is 306 g/mol. The minimum atomic E-state index is -0.267. The van der Waals surface area contributed by atoms with Gasteiger partial charge in [0.15, 0.2) is 0 Å². The Kier molecular flexibility index (Phi) is 4.89. The normalized spacial score (nSPS) is 16.8. The van der Waals surface area contributed by atoms with E-state index in [-0.39, 0.29) is 12.1 Å². The second kappa shape index (κ2) is 7.25. The van der Waals surface area contributed by atoms with Crippen molar-refractivity contribution in [1.29, 1.82) is 0 Å². The van der Waals surface area contributed by atoms with Crippen LogP contribution >= 0.6 is 0 Å². The van der Waals surface area contributed by atoms with Gasteiger partial charge in [-0.1, -0.05) is 24.3 Å². The summed E-state index contributed by atoms with van der Waals surface area (Å²) >= 11 is 0. The molecule has 1 fully saturated rings. The van der Waals surface area contributed by atoms with Crippen molar-refractivity contribution in [2.75, 3.05) is 20.8 Å². The van der Waals surface area contributed by atoms with Crippen molar-refractivity contribution in [1.82, 2.24) is 4.90 Å². The molecule has 1 aliphatic heterocycles. The summed E-state index contributed by atoms with van der Waals surface area (Å²) in [5.74, 6) is 1.61. The molecule has 0 spiro atoms. The minimum absolute atomic E-state index is 0.0251. The van der Waals surface area contributed by atoms with E-state index < -0.39 is 0 Å². The van der Waals surface area contributed by atoms with Crippen LogP contribution < -0.4 is 9.47 Å². The predicted molar refractivity (Wildman–Crippen MR) is 90.4 cm³/mol. The Labute approximate surface area is 141 Å². The van der Waals surface area contributed by atoms with Crippen LogP contribution in [-0.4, -0.2) is 37.9 Å². The first kappa shape index (κ1) is 16.2. The zero-order chi connectivity index (χ0) is 16.9. The molecule has 2 aromatic carbocycles. The maximum absolute atomic E-state index is 12.1. The van der Waals surface area contributed by atoms with Crippen molar-refractivity contribution in [3.8, 4) is 11.5 Å². The molecule has 0 radical (unpaired) electrons. The zero-order valence-corrected chi connectivity index (χ0v) is 13.9. The second-order valence-corrected chi connectivity index (χ2v) is 5.76. The first-order valence-electron chi connectivity index (χ1n) is 7.89. The lowest BCUT2D eigenvalue weighted by molar-refractivity contribution is 0.156. The van der Waals surface area contributed by atoms with Gasteiger partial charge in [0.1, 0.15) is 18.1 Å². The number of benzene rings is 2. The van der Waals surface area contributed by atoms with Crippen LogP contribution in [0.4, 0.5) is 4.79 Å². The number of methoxy groups -OCH3 is 2. The highest BCUT2D eigenvalue weighted by Gasteiger charge is 2.32. The number of hydrogen-bond acceptors (Lipinski definition) is 4. The molecule has 1 aliphatic rings. The Bertz CT molecular complexity index is 699. The van der Waals surface area contributed by atoms with Crippen LogP contribution in [-0.2, 0) is 17.7 Å². The van der Waals surface area contributed by atoms with E-state index in [1.54, 1.807) is 19.1 Å². The van der Waals surface area contributed by atoms with Crippen LogP contribution in [0.25, 0.3) is 0 Å². The molecule has 126 valence electrons. The number of nitrogens with zero attached hydrogens (tertiary/aromatic N) is 1. The average molecular weight is 327 g/mol. The van der Waals surface area contributed by atoms with E-state index in [4.69, 9.17) is 14.2 Å². The molecule has 0 N–H and O–H groups in total. The maximum atomic E-state index is 12.1. The van der Waals surface area contributed by atoms with Gasteiger partial charge in [-0.25, -0.2) is 4.79 Å². The maximum Gasteiger partial charge on any atom is 0.410 e. The van der Waals surface area contributed by atoms with Crippen molar-refractivity contribution in [3.63, 3.8) is 0 Å². The third kappa shape index (κ3) is 3.62. The average Bonchev–Trinajstić information content (AvgIpc) is 2.96. The molecule has 1 atom stereocenters. The Hall–Kier alpha value is -2.69. The predicted octanol–water partition coefficient (Wildman–Crippen LogP) is 3.27. The molecule has 1 unspecified atom stereocenters. The third-order valence-electron chi connectivity index (χ3n) is 4.19. The quantitative estimate of drug-likeness (QED) is 0.817. The monoisotopic (exact) mass is 327 g/mol. The molecule has 0 saturated carbocycles. The Morgan fingerprint density at radius 1 is 1.04 bits per heavy atom. The van der Waals surface area contributed by atoms with Gasteiger partial charge >= 0.3 is 6.09 Å². The van der Waals surface area contributed by atoms with Gasteiger partial charge in [-0.05, 0) is 41.8 Å². The van der Waals surface area contributed by atoms with E-state index in [2.05, 4.69) is 0 Å². The van der Waals surface area contributed by atoms with Crippen LogP contribution in [0.1, 0.15) is 11.1 Å². The lowest BCUT2D eigenvalue weighted by Crippen LogP contribution is -2.34. The lowest BCUT2D eigenvalue weighted by Gasteiger charge is -2.22. The number of carbonyl (C=O) groups is 1. The molecule has 2 aromatic rings. The van der Waals surface area contributed by atoms with Crippen LogP contribution in [0.5, 0.6) is 11.5 Å². The van der Waals surface area contributed by atoms with Gasteiger partial charge in [-0.2, -0.15) is 0 Å². The van der Waals surface area contributed by atoms with Crippen molar-refractivity contribution < 1.29 is 19.0 Å². The van der Waals surface area contributed by atoms with Crippen molar-refractivity contribution in [3.05, 3.63) is 59.7 Å². The summed E-state index contributed by atoms with van der Waals surface area (Å²) in [6, 6.07) is 15.7. The smallest absolute Gasteiger partial charge is 0.410 e. The van der Waals surface area contributed by atoms with Gasteiger partial charge in [0.2, 0.25) is 0 Å². The molecule has 0 aliphatic carbocycles. The first-order valence-corrected chi connectivity index (χ1v) is 7.89. The number of hydrogen-bond donors (Lipinski definition) is 0. The molecule has 0 bridgehead atoms. The van der Waals surface area contributed by atoms with Crippen LogP contribution in [0.2, 0.25) is 0 Å². The Balaban J connectivity index is 1.71. The molecule has 5 nitrogen and oxygen atoms in total. The van der Waals surface area contributed by atoms with Gasteiger partial charge in [0.05, 0.1) is 20.3 Å². The highest BCUT2D eigenvalue weighted by Crippen LogP contribution is 2.22. The van der Waals surface area contributed by atoms with Crippen molar-refractivity contribution in [2.45, 2.75) is 19.0 Å². The SMILES string of the molecule is COc1ccc(CC2COC(=O)N2Cc2cccc(OC)c2)cc1. The van der Waals surface area contributed by atoms with Crippen molar-refractivity contribution in [2.24, 2.45) is 0 Å². The standard InChI is InChI=1S/C19H21NO4/c1-22-17-8-6-14(7-9-17)10-16-13-24-19(21)20(16)12-15-4-3-5-18(11-15)23-2/h3-9,11,16H,10,12-13H2,1-2H3. The molecule has 1 amide bonds. The fourth-order valence-corrected chi connectivity index (χ4v) is 2.85. The number of rotatable bonds is 6. The van der Waals surface area contributed by atoms with Gasteiger partial charge in [0, 0.05) is 6.54 Å². The fourth-order valence-electron chi connectivity index (χ4n) is 2.85. The minimum Gasteiger partial charge on any atom is -0.497 e. The van der Waals surface area contributed by atoms with E-state index in [0.29, 0.717) is 13.2 Å².